The van der Waals surface area contributed by atoms with Crippen molar-refractivity contribution in [2.45, 2.75) is 47.9 Å². The molecule has 27 heavy (non-hydrogen) atoms. The number of nitrogens with zero attached hydrogens (tertiary/aromatic N) is 1. The van der Waals surface area contributed by atoms with Crippen molar-refractivity contribution in [3.8, 4) is 0 Å². The average molecular weight is 375 g/mol. The number of carbonyl (C=O) groups excluding carboxylic acids is 1. The zero-order chi connectivity index (χ0) is 18.4. The molecular formula is C23H22N2OS. The Hall–Kier alpha value is -2.33. The van der Waals surface area contributed by atoms with Crippen LogP contribution in [-0.4, -0.2) is 16.9 Å². The minimum atomic E-state index is 0.211. The molecular weight excluding hydrogens is 352 g/mol. The maximum Gasteiger partial charge on any atom is 0.220 e. The lowest BCUT2D eigenvalue weighted by Crippen LogP contribution is -2.49. The standard InChI is InChI=1S/C23H22N2OS/c1-14-10-22(26)25-20-9-6-15-11-17(7-8-19(15)23(14)20)27-21-13-24-12-16-4-2-3-5-18(16)21/h2-5,7-8,11-14,20,23H,6,9-10H2,1H3,(H,25,26). The van der Waals surface area contributed by atoms with Crippen LogP contribution in [0.4, 0.5) is 0 Å². The largest absolute Gasteiger partial charge is 0.353 e. The van der Waals surface area contributed by atoms with Crippen molar-refractivity contribution < 1.29 is 4.79 Å². The van der Waals surface area contributed by atoms with E-state index in [1.165, 1.54) is 31.7 Å². The Balaban J connectivity index is 1.47. The summed E-state index contributed by atoms with van der Waals surface area (Å²) in [5.41, 5.74) is 2.87. The SMILES string of the molecule is CC1CC(=O)NC2CCc3cc(Sc4cncc5ccccc45)ccc3C12. The van der Waals surface area contributed by atoms with Gasteiger partial charge in [0.15, 0.2) is 0 Å². The topological polar surface area (TPSA) is 42.0 Å². The summed E-state index contributed by atoms with van der Waals surface area (Å²) in [6.07, 6.45) is 6.59. The van der Waals surface area contributed by atoms with Gasteiger partial charge in [-0.2, -0.15) is 0 Å². The van der Waals surface area contributed by atoms with Gasteiger partial charge >= 0.3 is 0 Å². The fourth-order valence-electron chi connectivity index (χ4n) is 4.74. The predicted molar refractivity (Wildman–Crippen MR) is 109 cm³/mol. The second-order valence-corrected chi connectivity index (χ2v) is 8.86. The van der Waals surface area contributed by atoms with Gasteiger partial charge in [0.1, 0.15) is 0 Å². The summed E-state index contributed by atoms with van der Waals surface area (Å²) in [6, 6.07) is 15.6. The Labute approximate surface area is 163 Å². The highest BCUT2D eigenvalue weighted by molar-refractivity contribution is 7.99. The zero-order valence-corrected chi connectivity index (χ0v) is 16.1. The monoisotopic (exact) mass is 374 g/mol. The Morgan fingerprint density at radius 2 is 2.04 bits per heavy atom. The zero-order valence-electron chi connectivity index (χ0n) is 15.3. The van der Waals surface area contributed by atoms with Crippen LogP contribution in [0.25, 0.3) is 10.8 Å². The number of fused-ring (bicyclic) bond motifs is 4. The lowest BCUT2D eigenvalue weighted by atomic mass is 9.70. The van der Waals surface area contributed by atoms with Crippen LogP contribution in [0, 0.1) is 5.92 Å². The van der Waals surface area contributed by atoms with E-state index < -0.39 is 0 Å². The molecule has 0 spiro atoms. The molecule has 0 saturated carbocycles. The average Bonchev–Trinajstić information content (AvgIpc) is 2.67. The van der Waals surface area contributed by atoms with Crippen LogP contribution in [-0.2, 0) is 11.2 Å². The molecule has 1 aliphatic carbocycles. The number of amides is 1. The molecule has 136 valence electrons. The Kier molecular flexibility index (Phi) is 4.16. The molecule has 3 atom stereocenters. The maximum absolute atomic E-state index is 11.9. The van der Waals surface area contributed by atoms with Crippen LogP contribution in [0.3, 0.4) is 0 Å². The van der Waals surface area contributed by atoms with E-state index in [0.717, 1.165) is 12.8 Å². The van der Waals surface area contributed by atoms with E-state index in [2.05, 4.69) is 59.7 Å². The number of rotatable bonds is 2. The van der Waals surface area contributed by atoms with Crippen LogP contribution in [0.1, 0.15) is 36.8 Å². The summed E-state index contributed by atoms with van der Waals surface area (Å²) < 4.78 is 0. The third kappa shape index (κ3) is 3.02. The number of benzene rings is 2. The Morgan fingerprint density at radius 3 is 2.96 bits per heavy atom. The van der Waals surface area contributed by atoms with Crippen molar-refractivity contribution >= 4 is 28.4 Å². The van der Waals surface area contributed by atoms with E-state index in [9.17, 15) is 4.79 Å². The van der Waals surface area contributed by atoms with Crippen molar-refractivity contribution in [3.63, 3.8) is 0 Å². The Morgan fingerprint density at radius 1 is 1.15 bits per heavy atom. The first kappa shape index (κ1) is 16.8. The second-order valence-electron chi connectivity index (χ2n) is 7.74. The van der Waals surface area contributed by atoms with E-state index >= 15 is 0 Å². The normalized spacial score (nSPS) is 24.2. The molecule has 0 radical (unpaired) electrons. The molecule has 3 unspecified atom stereocenters. The highest BCUT2D eigenvalue weighted by Gasteiger charge is 2.38. The molecule has 1 aliphatic heterocycles. The number of nitrogens with one attached hydrogen (secondary N) is 1. The second kappa shape index (κ2) is 6.68. The van der Waals surface area contributed by atoms with Gasteiger partial charge in [0, 0.05) is 46.0 Å². The van der Waals surface area contributed by atoms with Gasteiger partial charge in [0.25, 0.3) is 0 Å². The molecule has 2 heterocycles. The van der Waals surface area contributed by atoms with Gasteiger partial charge in [0.2, 0.25) is 5.91 Å². The van der Waals surface area contributed by atoms with Crippen molar-refractivity contribution in [1.82, 2.24) is 10.3 Å². The lowest BCUT2D eigenvalue weighted by Gasteiger charge is -2.41. The van der Waals surface area contributed by atoms with Crippen molar-refractivity contribution in [2.75, 3.05) is 0 Å². The number of aryl methyl sites for hydroxylation is 1. The molecule has 4 heteroatoms. The third-order valence-electron chi connectivity index (χ3n) is 5.96. The van der Waals surface area contributed by atoms with Crippen LogP contribution in [0.15, 0.2) is 64.6 Å². The van der Waals surface area contributed by atoms with Gasteiger partial charge in [-0.25, -0.2) is 0 Å². The number of piperidine rings is 1. The summed E-state index contributed by atoms with van der Waals surface area (Å²) in [7, 11) is 0. The van der Waals surface area contributed by atoms with Crippen molar-refractivity contribution in [3.05, 3.63) is 66.0 Å². The van der Waals surface area contributed by atoms with E-state index in [0.29, 0.717) is 24.3 Å². The Bertz CT molecular complexity index is 1030. The van der Waals surface area contributed by atoms with E-state index in [1.807, 2.05) is 12.4 Å². The quantitative estimate of drug-likeness (QED) is 0.691. The van der Waals surface area contributed by atoms with E-state index in [1.54, 1.807) is 11.8 Å². The molecule has 1 fully saturated rings. The highest BCUT2D eigenvalue weighted by atomic mass is 32.2. The number of aromatic nitrogens is 1. The molecule has 0 bridgehead atoms. The molecule has 1 N–H and O–H groups in total. The van der Waals surface area contributed by atoms with Crippen LogP contribution < -0.4 is 5.32 Å². The number of pyridine rings is 1. The lowest BCUT2D eigenvalue weighted by molar-refractivity contribution is -0.125. The van der Waals surface area contributed by atoms with Crippen molar-refractivity contribution in [1.29, 1.82) is 0 Å². The fraction of sp³-hybridized carbons (Fsp3) is 0.304. The first-order valence-electron chi connectivity index (χ1n) is 9.62. The first-order valence-corrected chi connectivity index (χ1v) is 10.4. The van der Waals surface area contributed by atoms with Crippen LogP contribution >= 0.6 is 11.8 Å². The van der Waals surface area contributed by atoms with Crippen LogP contribution in [0.2, 0.25) is 0 Å². The van der Waals surface area contributed by atoms with Gasteiger partial charge in [-0.15, -0.1) is 0 Å². The summed E-state index contributed by atoms with van der Waals surface area (Å²) in [6.45, 7) is 2.22. The number of hydrogen-bond donors (Lipinski definition) is 1. The van der Waals surface area contributed by atoms with E-state index in [-0.39, 0.29) is 5.91 Å². The van der Waals surface area contributed by atoms with Gasteiger partial charge in [-0.1, -0.05) is 49.0 Å². The van der Waals surface area contributed by atoms with Gasteiger partial charge in [-0.05, 0) is 47.4 Å². The van der Waals surface area contributed by atoms with Crippen molar-refractivity contribution in [2.24, 2.45) is 5.92 Å². The molecule has 1 saturated heterocycles. The molecule has 5 rings (SSSR count). The molecule has 3 aromatic rings. The van der Waals surface area contributed by atoms with Crippen LogP contribution in [0.5, 0.6) is 0 Å². The van der Waals surface area contributed by atoms with E-state index in [4.69, 9.17) is 0 Å². The van der Waals surface area contributed by atoms with Gasteiger partial charge < -0.3 is 5.32 Å². The minimum absolute atomic E-state index is 0.211. The van der Waals surface area contributed by atoms with Gasteiger partial charge in [0.05, 0.1) is 0 Å². The molecule has 2 aromatic carbocycles. The summed E-state index contributed by atoms with van der Waals surface area (Å²) in [4.78, 5) is 18.7. The first-order chi connectivity index (χ1) is 13.2. The molecule has 3 nitrogen and oxygen atoms in total. The summed E-state index contributed by atoms with van der Waals surface area (Å²) in [5.74, 6) is 1.07. The highest BCUT2D eigenvalue weighted by Crippen LogP contribution is 2.42. The summed E-state index contributed by atoms with van der Waals surface area (Å²) >= 11 is 1.79. The minimum Gasteiger partial charge on any atom is -0.353 e. The molecule has 2 aliphatic rings. The number of carbonyl (C=O) groups is 1. The third-order valence-corrected chi connectivity index (χ3v) is 6.99. The predicted octanol–water partition coefficient (Wildman–Crippen LogP) is 4.94. The molecule has 1 amide bonds. The van der Waals surface area contributed by atoms with Gasteiger partial charge in [-0.3, -0.25) is 9.78 Å². The fourth-order valence-corrected chi connectivity index (χ4v) is 5.74. The molecule has 1 aromatic heterocycles. The summed E-state index contributed by atoms with van der Waals surface area (Å²) in [5, 5.41) is 5.64. The maximum atomic E-state index is 11.9. The smallest absolute Gasteiger partial charge is 0.220 e. The number of hydrogen-bond acceptors (Lipinski definition) is 3.